The van der Waals surface area contributed by atoms with Crippen molar-refractivity contribution in [2.75, 3.05) is 13.1 Å². The van der Waals surface area contributed by atoms with E-state index in [0.717, 1.165) is 35.5 Å². The van der Waals surface area contributed by atoms with Gasteiger partial charge in [-0.1, -0.05) is 30.3 Å². The molecule has 1 atom stereocenters. The van der Waals surface area contributed by atoms with Gasteiger partial charge in [-0.3, -0.25) is 4.79 Å². The van der Waals surface area contributed by atoms with Gasteiger partial charge in [-0.2, -0.15) is 5.26 Å². The maximum absolute atomic E-state index is 12.5. The summed E-state index contributed by atoms with van der Waals surface area (Å²) in [5, 5.41) is 13.6. The van der Waals surface area contributed by atoms with Crippen molar-refractivity contribution in [3.05, 3.63) is 40.9 Å². The first-order chi connectivity index (χ1) is 12.9. The number of carbonyl (C=O) groups excluding carboxylic acids is 1. The molecule has 1 aliphatic heterocycles. The third-order valence-electron chi connectivity index (χ3n) is 4.96. The number of hydrogen-bond donors (Lipinski definition) is 1. The van der Waals surface area contributed by atoms with Gasteiger partial charge in [-0.15, -0.1) is 11.3 Å². The summed E-state index contributed by atoms with van der Waals surface area (Å²) in [6, 6.07) is 12.2. The Morgan fingerprint density at radius 3 is 2.85 bits per heavy atom. The van der Waals surface area contributed by atoms with Gasteiger partial charge in [0.15, 0.2) is 0 Å². The van der Waals surface area contributed by atoms with E-state index in [2.05, 4.69) is 44.3 Å². The van der Waals surface area contributed by atoms with Crippen LogP contribution in [-0.4, -0.2) is 40.5 Å². The predicted octanol–water partition coefficient (Wildman–Crippen LogP) is 3.54. The Balaban J connectivity index is 1.62. The van der Waals surface area contributed by atoms with Crippen LogP contribution in [0.3, 0.4) is 0 Å². The summed E-state index contributed by atoms with van der Waals surface area (Å²) in [7, 11) is 0. The number of rotatable bonds is 6. The van der Waals surface area contributed by atoms with Gasteiger partial charge in [0, 0.05) is 28.9 Å². The zero-order chi connectivity index (χ0) is 19.4. The molecule has 27 heavy (non-hydrogen) atoms. The van der Waals surface area contributed by atoms with Gasteiger partial charge in [-0.25, -0.2) is 4.98 Å². The van der Waals surface area contributed by atoms with Crippen molar-refractivity contribution in [1.29, 1.82) is 5.26 Å². The van der Waals surface area contributed by atoms with Gasteiger partial charge in [-0.05, 0) is 33.6 Å². The Labute approximate surface area is 165 Å². The molecule has 0 radical (unpaired) electrons. The van der Waals surface area contributed by atoms with E-state index < -0.39 is 0 Å². The molecule has 1 fully saturated rings. The summed E-state index contributed by atoms with van der Waals surface area (Å²) in [5.74, 6) is 0.00657. The molecular formula is C21H26N4OS. The number of thiazole rings is 1. The topological polar surface area (TPSA) is 69.0 Å². The van der Waals surface area contributed by atoms with Crippen LogP contribution in [0, 0.1) is 18.3 Å². The molecule has 0 bridgehead atoms. The van der Waals surface area contributed by atoms with E-state index in [9.17, 15) is 4.79 Å². The second kappa shape index (κ2) is 8.20. The maximum Gasteiger partial charge on any atom is 0.237 e. The van der Waals surface area contributed by atoms with Crippen molar-refractivity contribution in [3.63, 3.8) is 0 Å². The number of aryl methyl sites for hydroxylation is 1. The molecule has 142 valence electrons. The normalized spacial score (nSPS) is 17.1. The Bertz CT molecular complexity index is 838. The van der Waals surface area contributed by atoms with Gasteiger partial charge in [0.1, 0.15) is 11.0 Å². The minimum atomic E-state index is -0.267. The van der Waals surface area contributed by atoms with Crippen LogP contribution in [0.5, 0.6) is 0 Å². The first kappa shape index (κ1) is 19.5. The smallest absolute Gasteiger partial charge is 0.237 e. The van der Waals surface area contributed by atoms with Crippen molar-refractivity contribution in [3.8, 4) is 16.6 Å². The molecule has 1 N–H and O–H groups in total. The number of amides is 1. The second-order valence-corrected chi connectivity index (χ2v) is 8.88. The van der Waals surface area contributed by atoms with Crippen molar-refractivity contribution >= 4 is 17.2 Å². The van der Waals surface area contributed by atoms with Crippen molar-refractivity contribution in [2.45, 2.75) is 51.6 Å². The minimum absolute atomic E-state index is 0.00657. The number of hydrogen-bond acceptors (Lipinski definition) is 5. The lowest BCUT2D eigenvalue weighted by Gasteiger charge is -2.28. The average molecular weight is 383 g/mol. The molecule has 1 aliphatic rings. The molecule has 0 unspecified atom stereocenters. The quantitative estimate of drug-likeness (QED) is 0.830. The molecule has 6 heteroatoms. The Kier molecular flexibility index (Phi) is 5.93. The average Bonchev–Trinajstić information content (AvgIpc) is 3.27. The van der Waals surface area contributed by atoms with Gasteiger partial charge < -0.3 is 10.2 Å². The third-order valence-corrected chi connectivity index (χ3v) is 6.03. The minimum Gasteiger partial charge on any atom is -0.326 e. The van der Waals surface area contributed by atoms with E-state index in [1.165, 1.54) is 4.88 Å². The lowest BCUT2D eigenvalue weighted by molar-refractivity contribution is -0.130. The molecule has 1 aromatic heterocycles. The highest BCUT2D eigenvalue weighted by molar-refractivity contribution is 7.15. The molecule has 1 saturated heterocycles. The van der Waals surface area contributed by atoms with Crippen LogP contribution >= 0.6 is 11.3 Å². The van der Waals surface area contributed by atoms with E-state index in [1.807, 2.05) is 18.2 Å². The van der Waals surface area contributed by atoms with Crippen LogP contribution in [-0.2, 0) is 11.2 Å². The van der Waals surface area contributed by atoms with E-state index in [4.69, 9.17) is 10.2 Å². The summed E-state index contributed by atoms with van der Waals surface area (Å²) in [5.41, 5.74) is 1.94. The van der Waals surface area contributed by atoms with Crippen LogP contribution in [0.25, 0.3) is 10.6 Å². The second-order valence-electron chi connectivity index (χ2n) is 7.68. The summed E-state index contributed by atoms with van der Waals surface area (Å²) in [6.07, 6.45) is 2.44. The number of likely N-dealkylation sites (tertiary alicyclic amines) is 1. The van der Waals surface area contributed by atoms with Crippen LogP contribution in [0.4, 0.5) is 0 Å². The number of aromatic nitrogens is 1. The predicted molar refractivity (Wildman–Crippen MR) is 108 cm³/mol. The number of benzene rings is 1. The molecule has 0 aliphatic carbocycles. The Morgan fingerprint density at radius 2 is 2.15 bits per heavy atom. The fraction of sp³-hybridized carbons (Fsp3) is 0.476. The van der Waals surface area contributed by atoms with Crippen molar-refractivity contribution in [1.82, 2.24) is 15.2 Å². The first-order valence-corrected chi connectivity index (χ1v) is 10.2. The monoisotopic (exact) mass is 382 g/mol. The van der Waals surface area contributed by atoms with Crippen LogP contribution < -0.4 is 5.32 Å². The van der Waals surface area contributed by atoms with Crippen molar-refractivity contribution < 1.29 is 4.79 Å². The summed E-state index contributed by atoms with van der Waals surface area (Å²) >= 11 is 1.71. The first-order valence-electron chi connectivity index (χ1n) is 9.35. The highest BCUT2D eigenvalue weighted by Crippen LogP contribution is 2.29. The van der Waals surface area contributed by atoms with Crippen LogP contribution in [0.1, 0.15) is 37.3 Å². The molecular weight excluding hydrogens is 356 g/mol. The van der Waals surface area contributed by atoms with E-state index in [0.29, 0.717) is 6.54 Å². The molecule has 3 rings (SSSR count). The molecule has 2 aromatic rings. The number of nitrogens with one attached hydrogen (secondary N) is 1. The fourth-order valence-electron chi connectivity index (χ4n) is 3.39. The molecule has 0 spiro atoms. The summed E-state index contributed by atoms with van der Waals surface area (Å²) in [4.78, 5) is 20.2. The number of nitriles is 1. The van der Waals surface area contributed by atoms with Gasteiger partial charge in [0.05, 0.1) is 18.3 Å². The summed E-state index contributed by atoms with van der Waals surface area (Å²) in [6.45, 7) is 7.22. The molecule has 1 aromatic carbocycles. The highest BCUT2D eigenvalue weighted by atomic mass is 32.1. The number of nitrogens with zero attached hydrogens (tertiary/aromatic N) is 3. The fourth-order valence-corrected chi connectivity index (χ4v) is 4.33. The van der Waals surface area contributed by atoms with E-state index >= 15 is 0 Å². The SMILES string of the molecule is Cc1sc(-c2ccccc2)nc1CC(C)(C)NCC(=O)N1CCC[C@H]1C#N. The summed E-state index contributed by atoms with van der Waals surface area (Å²) < 4.78 is 0. The molecule has 2 heterocycles. The highest BCUT2D eigenvalue weighted by Gasteiger charge is 2.30. The molecule has 5 nitrogen and oxygen atoms in total. The third kappa shape index (κ3) is 4.74. The largest absolute Gasteiger partial charge is 0.326 e. The van der Waals surface area contributed by atoms with E-state index in [-0.39, 0.29) is 24.0 Å². The Hall–Kier alpha value is -2.23. The van der Waals surface area contributed by atoms with Gasteiger partial charge >= 0.3 is 0 Å². The number of carbonyl (C=O) groups is 1. The lowest BCUT2D eigenvalue weighted by atomic mass is 9.98. The standard InChI is InChI=1S/C21H26N4OS/c1-15-18(24-20(27-15)16-8-5-4-6-9-16)12-21(2,3)23-14-19(26)25-11-7-10-17(25)13-22/h4-6,8-9,17,23H,7,10-12,14H2,1-3H3/t17-/m0/s1. The van der Waals surface area contributed by atoms with Crippen LogP contribution in [0.15, 0.2) is 30.3 Å². The zero-order valence-electron chi connectivity index (χ0n) is 16.2. The van der Waals surface area contributed by atoms with Gasteiger partial charge in [0.2, 0.25) is 5.91 Å². The zero-order valence-corrected chi connectivity index (χ0v) is 17.0. The van der Waals surface area contributed by atoms with Crippen LogP contribution in [0.2, 0.25) is 0 Å². The lowest BCUT2D eigenvalue weighted by Crippen LogP contribution is -2.48. The maximum atomic E-state index is 12.5. The molecule has 1 amide bonds. The van der Waals surface area contributed by atoms with Crippen molar-refractivity contribution in [2.24, 2.45) is 0 Å². The van der Waals surface area contributed by atoms with Gasteiger partial charge in [0.25, 0.3) is 0 Å². The van der Waals surface area contributed by atoms with E-state index in [1.54, 1.807) is 16.2 Å². The molecule has 0 saturated carbocycles. The Morgan fingerprint density at radius 1 is 1.41 bits per heavy atom.